The molecule has 2 amide bonds. The summed E-state index contributed by atoms with van der Waals surface area (Å²) >= 11 is 5.90. The van der Waals surface area contributed by atoms with Crippen LogP contribution in [0.5, 0.6) is 0 Å². The molecule has 1 unspecified atom stereocenters. The van der Waals surface area contributed by atoms with E-state index in [1.165, 1.54) is 0 Å². The Labute approximate surface area is 184 Å². The molecule has 0 aromatic heterocycles. The lowest BCUT2D eigenvalue weighted by Crippen LogP contribution is -2.30. The number of anilines is 1. The normalized spacial score (nSPS) is 11.4. The van der Waals surface area contributed by atoms with Crippen LogP contribution in [-0.2, 0) is 4.79 Å². The Morgan fingerprint density at radius 3 is 2.23 bits per heavy atom. The first-order valence-electron chi connectivity index (χ1n) is 9.58. The maximum absolute atomic E-state index is 12.9. The molecule has 0 aliphatic rings. The topological polar surface area (TPSA) is 95.5 Å². The number of rotatable bonds is 7. The molecule has 0 bridgehead atoms. The van der Waals surface area contributed by atoms with Gasteiger partial charge in [0.25, 0.3) is 11.8 Å². The van der Waals surface area contributed by atoms with Crippen LogP contribution in [-0.4, -0.2) is 22.9 Å². The minimum atomic E-state index is -1.04. The smallest absolute Gasteiger partial charge is 0.305 e. The third kappa shape index (κ3) is 5.93. The molecule has 0 heterocycles. The molecule has 3 aromatic rings. The van der Waals surface area contributed by atoms with E-state index in [1.807, 2.05) is 13.0 Å². The molecule has 0 aliphatic heterocycles. The minimum absolute atomic E-state index is 0.281. The molecular formula is C24H21ClN2O4. The highest BCUT2D eigenvalue weighted by molar-refractivity contribution is 6.30. The van der Waals surface area contributed by atoms with Crippen molar-refractivity contribution in [3.8, 4) is 0 Å². The number of aryl methyl sites for hydroxylation is 1. The monoisotopic (exact) mass is 436 g/mol. The van der Waals surface area contributed by atoms with Crippen LogP contribution < -0.4 is 10.6 Å². The number of carboxylic acids is 1. The fourth-order valence-electron chi connectivity index (χ4n) is 3.05. The van der Waals surface area contributed by atoms with Gasteiger partial charge in [-0.15, -0.1) is 0 Å². The molecule has 0 saturated carbocycles. The number of nitrogens with one attached hydrogen (secondary N) is 2. The van der Waals surface area contributed by atoms with E-state index in [-0.39, 0.29) is 12.3 Å². The number of amides is 2. The summed E-state index contributed by atoms with van der Waals surface area (Å²) in [5.41, 5.74) is 2.73. The number of hydrogen-bond donors (Lipinski definition) is 3. The van der Waals surface area contributed by atoms with Crippen molar-refractivity contribution in [1.29, 1.82) is 0 Å². The van der Waals surface area contributed by atoms with Crippen LogP contribution in [0.25, 0.3) is 0 Å². The predicted octanol–water partition coefficient (Wildman–Crippen LogP) is 4.85. The average Bonchev–Trinajstić information content (AvgIpc) is 2.75. The third-order valence-electron chi connectivity index (χ3n) is 4.74. The number of benzene rings is 3. The Balaban J connectivity index is 1.80. The molecule has 0 spiro atoms. The number of halogens is 1. The van der Waals surface area contributed by atoms with E-state index in [9.17, 15) is 19.5 Å². The standard InChI is InChI=1S/C24H21ClN2O4/c1-15-7-8-18(13-20(15)26-23(30)17-5-3-2-4-6-17)24(31)27-21(14-22(28)29)16-9-11-19(25)12-10-16/h2-13,21H,14H2,1H3,(H,26,30)(H,27,31)(H,28,29). The van der Waals surface area contributed by atoms with Gasteiger partial charge in [0.2, 0.25) is 0 Å². The van der Waals surface area contributed by atoms with Crippen LogP contribution in [0.3, 0.4) is 0 Å². The van der Waals surface area contributed by atoms with Crippen molar-refractivity contribution >= 4 is 35.1 Å². The summed E-state index contributed by atoms with van der Waals surface area (Å²) in [6.07, 6.45) is -0.281. The lowest BCUT2D eigenvalue weighted by molar-refractivity contribution is -0.137. The zero-order valence-electron chi connectivity index (χ0n) is 16.8. The second-order valence-electron chi connectivity index (χ2n) is 7.03. The number of carbonyl (C=O) groups is 3. The first-order valence-corrected chi connectivity index (χ1v) is 9.96. The fraction of sp³-hybridized carbons (Fsp3) is 0.125. The molecule has 0 saturated heterocycles. The van der Waals surface area contributed by atoms with Gasteiger partial charge in [-0.25, -0.2) is 0 Å². The summed E-state index contributed by atoms with van der Waals surface area (Å²) in [6, 6.07) is 19.6. The van der Waals surface area contributed by atoms with Crippen LogP contribution in [0.4, 0.5) is 5.69 Å². The molecule has 0 aliphatic carbocycles. The quantitative estimate of drug-likeness (QED) is 0.493. The second-order valence-corrected chi connectivity index (χ2v) is 7.46. The van der Waals surface area contributed by atoms with Gasteiger partial charge in [0.05, 0.1) is 12.5 Å². The van der Waals surface area contributed by atoms with Gasteiger partial charge >= 0.3 is 5.97 Å². The van der Waals surface area contributed by atoms with E-state index in [2.05, 4.69) is 10.6 Å². The van der Waals surface area contributed by atoms with E-state index in [0.717, 1.165) is 5.56 Å². The van der Waals surface area contributed by atoms with Gasteiger partial charge in [0, 0.05) is 21.8 Å². The van der Waals surface area contributed by atoms with Crippen molar-refractivity contribution in [2.45, 2.75) is 19.4 Å². The Bertz CT molecular complexity index is 1100. The number of carboxylic acid groups (broad SMARTS) is 1. The van der Waals surface area contributed by atoms with Gasteiger partial charge in [-0.3, -0.25) is 14.4 Å². The molecule has 158 valence electrons. The average molecular weight is 437 g/mol. The largest absolute Gasteiger partial charge is 0.481 e. The highest BCUT2D eigenvalue weighted by atomic mass is 35.5. The molecule has 0 radical (unpaired) electrons. The number of hydrogen-bond acceptors (Lipinski definition) is 3. The summed E-state index contributed by atoms with van der Waals surface area (Å²) in [4.78, 5) is 36.6. The van der Waals surface area contributed by atoms with Crippen molar-refractivity contribution in [2.24, 2.45) is 0 Å². The van der Waals surface area contributed by atoms with Gasteiger partial charge in [-0.05, 0) is 54.4 Å². The van der Waals surface area contributed by atoms with Crippen LogP contribution in [0, 0.1) is 6.92 Å². The molecular weight excluding hydrogens is 416 g/mol. The Morgan fingerprint density at radius 1 is 0.903 bits per heavy atom. The molecule has 3 aromatic carbocycles. The van der Waals surface area contributed by atoms with Gasteiger partial charge in [0.1, 0.15) is 0 Å². The van der Waals surface area contributed by atoms with Crippen molar-refractivity contribution in [1.82, 2.24) is 5.32 Å². The van der Waals surface area contributed by atoms with Crippen LogP contribution in [0.1, 0.15) is 44.3 Å². The molecule has 1 atom stereocenters. The van der Waals surface area contributed by atoms with Crippen LogP contribution >= 0.6 is 11.6 Å². The number of aliphatic carboxylic acids is 1. The van der Waals surface area contributed by atoms with Gasteiger partial charge in [0.15, 0.2) is 0 Å². The number of carbonyl (C=O) groups excluding carboxylic acids is 2. The fourth-order valence-corrected chi connectivity index (χ4v) is 3.17. The maximum Gasteiger partial charge on any atom is 0.305 e. The van der Waals surface area contributed by atoms with Crippen molar-refractivity contribution in [2.75, 3.05) is 5.32 Å². The highest BCUT2D eigenvalue weighted by Crippen LogP contribution is 2.22. The molecule has 0 fully saturated rings. The summed E-state index contributed by atoms with van der Waals surface area (Å²) in [6.45, 7) is 1.82. The summed E-state index contributed by atoms with van der Waals surface area (Å²) in [5, 5.41) is 15.3. The SMILES string of the molecule is Cc1ccc(C(=O)NC(CC(=O)O)c2ccc(Cl)cc2)cc1NC(=O)c1ccccc1. The van der Waals surface area contributed by atoms with E-state index in [0.29, 0.717) is 27.4 Å². The third-order valence-corrected chi connectivity index (χ3v) is 4.99. The van der Waals surface area contributed by atoms with E-state index < -0.39 is 17.9 Å². The summed E-state index contributed by atoms with van der Waals surface area (Å²) < 4.78 is 0. The maximum atomic E-state index is 12.9. The lowest BCUT2D eigenvalue weighted by atomic mass is 10.0. The predicted molar refractivity (Wildman–Crippen MR) is 119 cm³/mol. The summed E-state index contributed by atoms with van der Waals surface area (Å²) in [5.74, 6) is -1.78. The zero-order valence-corrected chi connectivity index (χ0v) is 17.5. The molecule has 3 rings (SSSR count). The first kappa shape index (κ1) is 22.1. The van der Waals surface area contributed by atoms with Crippen LogP contribution in [0.15, 0.2) is 72.8 Å². The van der Waals surface area contributed by atoms with E-state index in [4.69, 9.17) is 11.6 Å². The highest BCUT2D eigenvalue weighted by Gasteiger charge is 2.20. The molecule has 31 heavy (non-hydrogen) atoms. The van der Waals surface area contributed by atoms with Gasteiger partial charge in [-0.2, -0.15) is 0 Å². The van der Waals surface area contributed by atoms with Gasteiger partial charge in [-0.1, -0.05) is 48.0 Å². The van der Waals surface area contributed by atoms with Crippen LogP contribution in [0.2, 0.25) is 5.02 Å². The lowest BCUT2D eigenvalue weighted by Gasteiger charge is -2.18. The minimum Gasteiger partial charge on any atom is -0.481 e. The first-order chi connectivity index (χ1) is 14.8. The Morgan fingerprint density at radius 2 is 1.58 bits per heavy atom. The van der Waals surface area contributed by atoms with E-state index >= 15 is 0 Å². The zero-order chi connectivity index (χ0) is 22.4. The second kappa shape index (κ2) is 9.91. The Hall–Kier alpha value is -3.64. The van der Waals surface area contributed by atoms with Gasteiger partial charge < -0.3 is 15.7 Å². The van der Waals surface area contributed by atoms with E-state index in [1.54, 1.807) is 66.7 Å². The van der Waals surface area contributed by atoms with Crippen molar-refractivity contribution in [3.05, 3.63) is 100 Å². The van der Waals surface area contributed by atoms with Crippen molar-refractivity contribution < 1.29 is 19.5 Å². The molecule has 3 N–H and O–H groups in total. The summed E-state index contributed by atoms with van der Waals surface area (Å²) in [7, 11) is 0. The molecule has 7 heteroatoms. The molecule has 6 nitrogen and oxygen atoms in total. The Kier molecular flexibility index (Phi) is 7.05. The van der Waals surface area contributed by atoms with Crippen molar-refractivity contribution in [3.63, 3.8) is 0 Å².